The van der Waals surface area contributed by atoms with Crippen molar-refractivity contribution in [1.82, 2.24) is 10.6 Å². The first kappa shape index (κ1) is 15.4. The lowest BCUT2D eigenvalue weighted by molar-refractivity contribution is -0.122. The molecule has 2 N–H and O–H groups in total. The molecule has 0 aromatic heterocycles. The molecule has 0 bridgehead atoms. The number of fused-ring (bicyclic) bond motifs is 1. The van der Waals surface area contributed by atoms with Gasteiger partial charge in [-0.15, -0.1) is 11.8 Å². The summed E-state index contributed by atoms with van der Waals surface area (Å²) in [5.74, 6) is 1.26. The van der Waals surface area contributed by atoms with Crippen molar-refractivity contribution in [1.29, 1.82) is 0 Å². The molecule has 4 heteroatoms. The van der Waals surface area contributed by atoms with Gasteiger partial charge in [0.05, 0.1) is 0 Å². The first-order valence-electron chi connectivity index (χ1n) is 7.22. The van der Waals surface area contributed by atoms with Gasteiger partial charge in [-0.25, -0.2) is 0 Å². The molecule has 110 valence electrons. The molecular formula is C16H24N2OS. The van der Waals surface area contributed by atoms with Gasteiger partial charge in [-0.2, -0.15) is 0 Å². The molecule has 1 atom stereocenters. The Morgan fingerprint density at radius 3 is 2.85 bits per heavy atom. The molecule has 0 saturated heterocycles. The number of amides is 1. The summed E-state index contributed by atoms with van der Waals surface area (Å²) in [5, 5.41) is 6.51. The predicted octanol–water partition coefficient (Wildman–Crippen LogP) is 3.12. The highest BCUT2D eigenvalue weighted by Crippen LogP contribution is 2.35. The van der Waals surface area contributed by atoms with Crippen molar-refractivity contribution in [2.75, 3.05) is 12.3 Å². The second-order valence-electron chi connectivity index (χ2n) is 6.23. The SMILES string of the molecule is CC(C)(C)NC(=O)CCNC1CCSc2ccccc21. The zero-order chi connectivity index (χ0) is 14.6. The summed E-state index contributed by atoms with van der Waals surface area (Å²) in [4.78, 5) is 13.2. The number of benzene rings is 1. The van der Waals surface area contributed by atoms with Gasteiger partial charge >= 0.3 is 0 Å². The number of thioether (sulfide) groups is 1. The van der Waals surface area contributed by atoms with Gasteiger partial charge in [-0.05, 0) is 44.6 Å². The summed E-state index contributed by atoms with van der Waals surface area (Å²) in [6.45, 7) is 6.75. The maximum Gasteiger partial charge on any atom is 0.221 e. The topological polar surface area (TPSA) is 41.1 Å². The Hall–Kier alpha value is -1.00. The van der Waals surface area contributed by atoms with Crippen molar-refractivity contribution < 1.29 is 4.79 Å². The largest absolute Gasteiger partial charge is 0.351 e. The highest BCUT2D eigenvalue weighted by Gasteiger charge is 2.20. The third-order valence-corrected chi connectivity index (χ3v) is 4.34. The smallest absolute Gasteiger partial charge is 0.221 e. The molecular weight excluding hydrogens is 268 g/mol. The second-order valence-corrected chi connectivity index (χ2v) is 7.37. The molecule has 1 aromatic carbocycles. The molecule has 1 amide bonds. The maximum absolute atomic E-state index is 11.8. The van der Waals surface area contributed by atoms with Gasteiger partial charge in [0.15, 0.2) is 0 Å². The molecule has 0 saturated carbocycles. The fourth-order valence-corrected chi connectivity index (χ4v) is 3.52. The predicted molar refractivity (Wildman–Crippen MR) is 85.0 cm³/mol. The fourth-order valence-electron chi connectivity index (χ4n) is 2.39. The minimum absolute atomic E-state index is 0.114. The molecule has 0 radical (unpaired) electrons. The molecule has 3 nitrogen and oxygen atoms in total. The van der Waals surface area contributed by atoms with Crippen LogP contribution in [0.3, 0.4) is 0 Å². The summed E-state index contributed by atoms with van der Waals surface area (Å²) in [5.41, 5.74) is 1.23. The van der Waals surface area contributed by atoms with Gasteiger partial charge < -0.3 is 10.6 Å². The standard InChI is InChI=1S/C16H24N2OS/c1-16(2,3)18-15(19)8-10-17-13-9-11-20-14-7-5-4-6-12(13)14/h4-7,13,17H,8-11H2,1-3H3,(H,18,19). The van der Waals surface area contributed by atoms with Crippen molar-refractivity contribution >= 4 is 17.7 Å². The number of nitrogens with one attached hydrogen (secondary N) is 2. The van der Waals surface area contributed by atoms with Crippen molar-refractivity contribution in [2.24, 2.45) is 0 Å². The molecule has 0 fully saturated rings. The van der Waals surface area contributed by atoms with E-state index in [4.69, 9.17) is 0 Å². The summed E-state index contributed by atoms with van der Waals surface area (Å²) >= 11 is 1.92. The quantitative estimate of drug-likeness (QED) is 0.896. The van der Waals surface area contributed by atoms with E-state index in [0.29, 0.717) is 12.5 Å². The summed E-state index contributed by atoms with van der Waals surface area (Å²) in [6.07, 6.45) is 1.66. The average molecular weight is 292 g/mol. The molecule has 1 aliphatic heterocycles. The van der Waals surface area contributed by atoms with E-state index < -0.39 is 0 Å². The number of carbonyl (C=O) groups excluding carboxylic acids is 1. The lowest BCUT2D eigenvalue weighted by Crippen LogP contribution is -2.41. The third kappa shape index (κ3) is 4.53. The van der Waals surface area contributed by atoms with Crippen LogP contribution in [0.4, 0.5) is 0 Å². The molecule has 2 rings (SSSR count). The van der Waals surface area contributed by atoms with E-state index in [1.165, 1.54) is 10.5 Å². The molecule has 1 heterocycles. The Kier molecular flexibility index (Phi) is 5.11. The van der Waals surface area contributed by atoms with E-state index >= 15 is 0 Å². The lowest BCUT2D eigenvalue weighted by Gasteiger charge is -2.26. The van der Waals surface area contributed by atoms with Gasteiger partial charge in [0.1, 0.15) is 0 Å². The van der Waals surface area contributed by atoms with Crippen LogP contribution < -0.4 is 10.6 Å². The van der Waals surface area contributed by atoms with Crippen LogP contribution >= 0.6 is 11.8 Å². The van der Waals surface area contributed by atoms with Crippen LogP contribution in [-0.2, 0) is 4.79 Å². The van der Waals surface area contributed by atoms with E-state index in [-0.39, 0.29) is 11.4 Å². The van der Waals surface area contributed by atoms with Crippen LogP contribution in [-0.4, -0.2) is 23.7 Å². The maximum atomic E-state index is 11.8. The van der Waals surface area contributed by atoms with Gasteiger partial charge in [0, 0.05) is 29.4 Å². The van der Waals surface area contributed by atoms with Crippen LogP contribution in [0.15, 0.2) is 29.2 Å². The van der Waals surface area contributed by atoms with Crippen molar-refractivity contribution in [3.8, 4) is 0 Å². The van der Waals surface area contributed by atoms with E-state index in [0.717, 1.165) is 18.7 Å². The fraction of sp³-hybridized carbons (Fsp3) is 0.562. The van der Waals surface area contributed by atoms with Crippen LogP contribution in [0.25, 0.3) is 0 Å². The highest BCUT2D eigenvalue weighted by molar-refractivity contribution is 7.99. The van der Waals surface area contributed by atoms with Crippen molar-refractivity contribution in [3.63, 3.8) is 0 Å². The Morgan fingerprint density at radius 1 is 1.35 bits per heavy atom. The highest BCUT2D eigenvalue weighted by atomic mass is 32.2. The molecule has 0 aliphatic carbocycles. The minimum atomic E-state index is -0.148. The van der Waals surface area contributed by atoms with Crippen LogP contribution in [0.2, 0.25) is 0 Å². The Labute approximate surface area is 125 Å². The van der Waals surface area contributed by atoms with Gasteiger partial charge in [0.25, 0.3) is 0 Å². The van der Waals surface area contributed by atoms with Gasteiger partial charge in [-0.3, -0.25) is 4.79 Å². The Bertz CT molecular complexity index is 468. The van der Waals surface area contributed by atoms with Gasteiger partial charge in [0.2, 0.25) is 5.91 Å². The molecule has 1 aromatic rings. The van der Waals surface area contributed by atoms with E-state index in [2.05, 4.69) is 34.9 Å². The molecule has 20 heavy (non-hydrogen) atoms. The molecule has 1 unspecified atom stereocenters. The van der Waals surface area contributed by atoms with E-state index in [9.17, 15) is 4.79 Å². The number of rotatable bonds is 4. The normalized spacial score (nSPS) is 18.4. The monoisotopic (exact) mass is 292 g/mol. The minimum Gasteiger partial charge on any atom is -0.351 e. The van der Waals surface area contributed by atoms with Crippen LogP contribution in [0.1, 0.15) is 45.2 Å². The van der Waals surface area contributed by atoms with E-state index in [1.807, 2.05) is 32.5 Å². The number of hydrogen-bond donors (Lipinski definition) is 2. The van der Waals surface area contributed by atoms with Crippen LogP contribution in [0.5, 0.6) is 0 Å². The molecule has 1 aliphatic rings. The summed E-state index contributed by atoms with van der Waals surface area (Å²) < 4.78 is 0. The molecule has 0 spiro atoms. The Balaban J connectivity index is 1.82. The zero-order valence-corrected chi connectivity index (χ0v) is 13.3. The Morgan fingerprint density at radius 2 is 2.10 bits per heavy atom. The number of hydrogen-bond acceptors (Lipinski definition) is 3. The van der Waals surface area contributed by atoms with E-state index in [1.54, 1.807) is 0 Å². The summed E-state index contributed by atoms with van der Waals surface area (Å²) in [7, 11) is 0. The average Bonchev–Trinajstić information content (AvgIpc) is 2.37. The zero-order valence-electron chi connectivity index (χ0n) is 12.5. The first-order chi connectivity index (χ1) is 9.46. The van der Waals surface area contributed by atoms with Gasteiger partial charge in [-0.1, -0.05) is 18.2 Å². The second kappa shape index (κ2) is 6.64. The van der Waals surface area contributed by atoms with Crippen LogP contribution in [0, 0.1) is 0 Å². The number of carbonyl (C=O) groups is 1. The summed E-state index contributed by atoms with van der Waals surface area (Å²) in [6, 6.07) is 8.93. The van der Waals surface area contributed by atoms with Crippen molar-refractivity contribution in [2.45, 2.75) is 50.1 Å². The van der Waals surface area contributed by atoms with Crippen molar-refractivity contribution in [3.05, 3.63) is 29.8 Å². The lowest BCUT2D eigenvalue weighted by atomic mass is 10.0. The third-order valence-electron chi connectivity index (χ3n) is 3.22. The first-order valence-corrected chi connectivity index (χ1v) is 8.20.